The van der Waals surface area contributed by atoms with Crippen LogP contribution >= 0.6 is 0 Å². The first-order valence-electron chi connectivity index (χ1n) is 4.81. The standard InChI is InChI=1S/C10H21NO2/c1-5-6-7-13-9(12)8(11)10(2,3)4/h8H,5-7,11H2,1-4H3/t8-/m0/s1. The van der Waals surface area contributed by atoms with Crippen molar-refractivity contribution >= 4 is 5.97 Å². The number of hydrogen-bond donors (Lipinski definition) is 1. The van der Waals surface area contributed by atoms with Crippen LogP contribution in [0.25, 0.3) is 0 Å². The molecule has 3 heteroatoms. The molecular weight excluding hydrogens is 166 g/mol. The fourth-order valence-electron chi connectivity index (χ4n) is 0.760. The maximum atomic E-state index is 11.3. The second-order valence-corrected chi connectivity index (χ2v) is 4.36. The summed E-state index contributed by atoms with van der Waals surface area (Å²) < 4.78 is 5.01. The normalized spacial score (nSPS) is 13.9. The van der Waals surface area contributed by atoms with Crippen molar-refractivity contribution in [2.45, 2.75) is 46.6 Å². The smallest absolute Gasteiger partial charge is 0.323 e. The van der Waals surface area contributed by atoms with Gasteiger partial charge < -0.3 is 10.5 Å². The number of ether oxygens (including phenoxy) is 1. The van der Waals surface area contributed by atoms with Crippen LogP contribution in [-0.2, 0) is 9.53 Å². The first-order chi connectivity index (χ1) is 5.89. The fraction of sp³-hybridized carbons (Fsp3) is 0.900. The maximum absolute atomic E-state index is 11.3. The van der Waals surface area contributed by atoms with E-state index in [4.69, 9.17) is 10.5 Å². The van der Waals surface area contributed by atoms with Crippen LogP contribution in [-0.4, -0.2) is 18.6 Å². The van der Waals surface area contributed by atoms with Crippen molar-refractivity contribution in [2.24, 2.45) is 11.1 Å². The van der Waals surface area contributed by atoms with Crippen LogP contribution in [0, 0.1) is 5.41 Å². The van der Waals surface area contributed by atoms with Gasteiger partial charge in [0.15, 0.2) is 0 Å². The van der Waals surface area contributed by atoms with E-state index in [1.165, 1.54) is 0 Å². The number of nitrogens with two attached hydrogens (primary N) is 1. The van der Waals surface area contributed by atoms with Crippen LogP contribution in [0.5, 0.6) is 0 Å². The largest absolute Gasteiger partial charge is 0.465 e. The van der Waals surface area contributed by atoms with Gasteiger partial charge in [-0.3, -0.25) is 4.79 Å². The Labute approximate surface area is 80.6 Å². The molecule has 0 bridgehead atoms. The molecule has 0 heterocycles. The van der Waals surface area contributed by atoms with Crippen molar-refractivity contribution in [3.63, 3.8) is 0 Å². The summed E-state index contributed by atoms with van der Waals surface area (Å²) in [6.45, 7) is 8.33. The molecular formula is C10H21NO2. The van der Waals surface area contributed by atoms with Crippen LogP contribution in [0.2, 0.25) is 0 Å². The van der Waals surface area contributed by atoms with Crippen LogP contribution in [0.15, 0.2) is 0 Å². The van der Waals surface area contributed by atoms with E-state index >= 15 is 0 Å². The van der Waals surface area contributed by atoms with Gasteiger partial charge in [-0.15, -0.1) is 0 Å². The lowest BCUT2D eigenvalue weighted by Gasteiger charge is -2.24. The summed E-state index contributed by atoms with van der Waals surface area (Å²) in [6, 6.07) is -0.524. The molecule has 0 amide bonds. The van der Waals surface area contributed by atoms with Gasteiger partial charge in [0.25, 0.3) is 0 Å². The quantitative estimate of drug-likeness (QED) is 0.538. The fourth-order valence-corrected chi connectivity index (χ4v) is 0.760. The van der Waals surface area contributed by atoms with Crippen molar-refractivity contribution in [3.05, 3.63) is 0 Å². The minimum absolute atomic E-state index is 0.219. The molecule has 0 aromatic carbocycles. The number of carbonyl (C=O) groups is 1. The summed E-state index contributed by atoms with van der Waals surface area (Å²) in [5.41, 5.74) is 5.48. The average molecular weight is 187 g/mol. The lowest BCUT2D eigenvalue weighted by molar-refractivity contribution is -0.147. The van der Waals surface area contributed by atoms with Crippen molar-refractivity contribution in [1.29, 1.82) is 0 Å². The Hall–Kier alpha value is -0.570. The summed E-state index contributed by atoms with van der Waals surface area (Å²) in [4.78, 5) is 11.3. The molecule has 0 aromatic rings. The Balaban J connectivity index is 3.84. The lowest BCUT2D eigenvalue weighted by atomic mass is 9.87. The first kappa shape index (κ1) is 12.4. The molecule has 0 fully saturated rings. The topological polar surface area (TPSA) is 52.3 Å². The van der Waals surface area contributed by atoms with Crippen molar-refractivity contribution in [2.75, 3.05) is 6.61 Å². The van der Waals surface area contributed by atoms with E-state index in [-0.39, 0.29) is 11.4 Å². The molecule has 0 aliphatic rings. The van der Waals surface area contributed by atoms with Gasteiger partial charge in [-0.1, -0.05) is 34.1 Å². The number of esters is 1. The minimum atomic E-state index is -0.524. The van der Waals surface area contributed by atoms with E-state index in [1.807, 2.05) is 20.8 Å². The van der Waals surface area contributed by atoms with Crippen LogP contribution in [0.3, 0.4) is 0 Å². The summed E-state index contributed by atoms with van der Waals surface area (Å²) in [6.07, 6.45) is 1.93. The van der Waals surface area contributed by atoms with Gasteiger partial charge in [0, 0.05) is 0 Å². The maximum Gasteiger partial charge on any atom is 0.323 e. The highest BCUT2D eigenvalue weighted by molar-refractivity contribution is 5.76. The molecule has 0 aliphatic heterocycles. The van der Waals surface area contributed by atoms with Gasteiger partial charge in [-0.25, -0.2) is 0 Å². The van der Waals surface area contributed by atoms with Gasteiger partial charge in [0.05, 0.1) is 6.61 Å². The molecule has 0 aromatic heterocycles. The van der Waals surface area contributed by atoms with Crippen molar-refractivity contribution < 1.29 is 9.53 Å². The summed E-state index contributed by atoms with van der Waals surface area (Å²) in [5.74, 6) is -0.291. The zero-order valence-electron chi connectivity index (χ0n) is 9.09. The molecule has 13 heavy (non-hydrogen) atoms. The van der Waals surface area contributed by atoms with Crippen molar-refractivity contribution in [3.8, 4) is 0 Å². The Morgan fingerprint density at radius 2 is 2.00 bits per heavy atom. The van der Waals surface area contributed by atoms with Crippen molar-refractivity contribution in [1.82, 2.24) is 0 Å². The summed E-state index contributed by atoms with van der Waals surface area (Å²) in [5, 5.41) is 0. The molecule has 0 spiro atoms. The first-order valence-corrected chi connectivity index (χ1v) is 4.81. The average Bonchev–Trinajstić information content (AvgIpc) is 2.01. The SMILES string of the molecule is CCCCOC(=O)[C@H](N)C(C)(C)C. The van der Waals surface area contributed by atoms with Gasteiger partial charge in [0.1, 0.15) is 6.04 Å². The number of rotatable bonds is 4. The van der Waals surface area contributed by atoms with E-state index in [2.05, 4.69) is 6.92 Å². The highest BCUT2D eigenvalue weighted by Crippen LogP contribution is 2.18. The molecule has 0 rings (SSSR count). The summed E-state index contributed by atoms with van der Waals surface area (Å²) >= 11 is 0. The molecule has 78 valence electrons. The molecule has 0 saturated heterocycles. The minimum Gasteiger partial charge on any atom is -0.465 e. The van der Waals surface area contributed by atoms with Gasteiger partial charge in [-0.05, 0) is 11.8 Å². The van der Waals surface area contributed by atoms with E-state index < -0.39 is 6.04 Å². The van der Waals surface area contributed by atoms with Gasteiger partial charge in [0.2, 0.25) is 0 Å². The van der Waals surface area contributed by atoms with Gasteiger partial charge >= 0.3 is 5.97 Å². The Kier molecular flexibility index (Phi) is 4.99. The van der Waals surface area contributed by atoms with E-state index in [0.29, 0.717) is 6.61 Å². The number of hydrogen-bond acceptors (Lipinski definition) is 3. The second kappa shape index (κ2) is 5.22. The molecule has 3 nitrogen and oxygen atoms in total. The van der Waals surface area contributed by atoms with Crippen LogP contribution in [0.4, 0.5) is 0 Å². The zero-order chi connectivity index (χ0) is 10.5. The lowest BCUT2D eigenvalue weighted by Crippen LogP contribution is -2.43. The Morgan fingerprint density at radius 1 is 1.46 bits per heavy atom. The Bertz CT molecular complexity index is 161. The van der Waals surface area contributed by atoms with E-state index in [9.17, 15) is 4.79 Å². The molecule has 0 radical (unpaired) electrons. The second-order valence-electron chi connectivity index (χ2n) is 4.36. The predicted molar refractivity (Wildman–Crippen MR) is 53.3 cm³/mol. The molecule has 0 aliphatic carbocycles. The number of carbonyl (C=O) groups excluding carboxylic acids is 1. The third kappa shape index (κ3) is 4.88. The molecule has 0 unspecified atom stereocenters. The third-order valence-electron chi connectivity index (χ3n) is 1.93. The van der Waals surface area contributed by atoms with Crippen LogP contribution < -0.4 is 5.73 Å². The predicted octanol–water partition coefficient (Wildman–Crippen LogP) is 1.70. The highest BCUT2D eigenvalue weighted by Gasteiger charge is 2.28. The van der Waals surface area contributed by atoms with Crippen LogP contribution in [0.1, 0.15) is 40.5 Å². The molecule has 0 saturated carbocycles. The van der Waals surface area contributed by atoms with Gasteiger partial charge in [-0.2, -0.15) is 0 Å². The highest BCUT2D eigenvalue weighted by atomic mass is 16.5. The van der Waals surface area contributed by atoms with E-state index in [0.717, 1.165) is 12.8 Å². The Morgan fingerprint density at radius 3 is 2.38 bits per heavy atom. The zero-order valence-corrected chi connectivity index (χ0v) is 9.09. The number of unbranched alkanes of at least 4 members (excludes halogenated alkanes) is 1. The monoisotopic (exact) mass is 187 g/mol. The third-order valence-corrected chi connectivity index (χ3v) is 1.93. The molecule has 1 atom stereocenters. The van der Waals surface area contributed by atoms with E-state index in [1.54, 1.807) is 0 Å². The molecule has 2 N–H and O–H groups in total. The summed E-state index contributed by atoms with van der Waals surface area (Å²) in [7, 11) is 0.